The van der Waals surface area contributed by atoms with Crippen molar-refractivity contribution in [2.24, 2.45) is 0 Å². The second-order valence-electron chi connectivity index (χ2n) is 10.3. The average Bonchev–Trinajstić information content (AvgIpc) is 3.33. The van der Waals surface area contributed by atoms with Crippen LogP contribution in [0.3, 0.4) is 0 Å². The minimum absolute atomic E-state index is 0.167. The van der Waals surface area contributed by atoms with E-state index in [1.165, 1.54) is 3.97 Å². The van der Waals surface area contributed by atoms with E-state index in [0.717, 1.165) is 16.7 Å². The second-order valence-corrected chi connectivity index (χ2v) is 12.1. The van der Waals surface area contributed by atoms with Gasteiger partial charge in [-0.15, -0.1) is 0 Å². The fraction of sp³-hybridized carbons (Fsp3) is 0.267. The Labute approximate surface area is 228 Å². The van der Waals surface area contributed by atoms with Gasteiger partial charge in [0.25, 0.3) is 10.0 Å². The number of amides is 1. The molecule has 1 aliphatic rings. The largest absolute Gasteiger partial charge is 0.496 e. The molecule has 0 bridgehead atoms. The standard InChI is InChI=1S/C30H31N3O5S/c1-30(2,3)38-29(34)32-18-15-21(16-19-32)26-20-25-23(24-12-8-9-13-27(24)37-4)14-17-31-28(25)33(26)39(35,36)22-10-6-5-7-11-22/h5-15,17,20H,16,18-19H2,1-4H3. The van der Waals surface area contributed by atoms with Crippen LogP contribution in [0.25, 0.3) is 27.7 Å². The number of methoxy groups -OCH3 is 1. The zero-order valence-electron chi connectivity index (χ0n) is 22.4. The summed E-state index contributed by atoms with van der Waals surface area (Å²) in [7, 11) is -2.39. The van der Waals surface area contributed by atoms with Crippen molar-refractivity contribution in [3.8, 4) is 16.9 Å². The number of ether oxygens (including phenoxy) is 2. The van der Waals surface area contributed by atoms with Crippen molar-refractivity contribution in [2.75, 3.05) is 20.2 Å². The number of carbonyl (C=O) groups excluding carboxylic acids is 1. The van der Waals surface area contributed by atoms with E-state index in [4.69, 9.17) is 9.47 Å². The van der Waals surface area contributed by atoms with Gasteiger partial charge in [-0.25, -0.2) is 22.2 Å². The van der Waals surface area contributed by atoms with Crippen LogP contribution < -0.4 is 4.74 Å². The highest BCUT2D eigenvalue weighted by atomic mass is 32.2. The lowest BCUT2D eigenvalue weighted by molar-refractivity contribution is 0.0270. The highest BCUT2D eigenvalue weighted by molar-refractivity contribution is 7.90. The Hall–Kier alpha value is -4.11. The Balaban J connectivity index is 1.68. The summed E-state index contributed by atoms with van der Waals surface area (Å²) in [4.78, 5) is 19.0. The summed E-state index contributed by atoms with van der Waals surface area (Å²) >= 11 is 0. The highest BCUT2D eigenvalue weighted by Crippen LogP contribution is 2.39. The third kappa shape index (κ3) is 5.14. The summed E-state index contributed by atoms with van der Waals surface area (Å²) in [5.74, 6) is 0.676. The molecule has 8 nitrogen and oxygen atoms in total. The smallest absolute Gasteiger partial charge is 0.410 e. The summed E-state index contributed by atoms with van der Waals surface area (Å²) in [5, 5.41) is 0.687. The van der Waals surface area contributed by atoms with Gasteiger partial charge < -0.3 is 14.4 Å². The van der Waals surface area contributed by atoms with E-state index in [0.29, 0.717) is 42.0 Å². The van der Waals surface area contributed by atoms with Crippen LogP contribution in [0.15, 0.2) is 83.9 Å². The molecular weight excluding hydrogens is 514 g/mol. The molecule has 2 aromatic carbocycles. The molecular formula is C30H31N3O5S. The predicted octanol–water partition coefficient (Wildman–Crippen LogP) is 5.97. The third-order valence-corrected chi connectivity index (χ3v) is 8.25. The van der Waals surface area contributed by atoms with Gasteiger partial charge in [0.15, 0.2) is 5.65 Å². The zero-order valence-corrected chi connectivity index (χ0v) is 23.2. The molecule has 1 aliphatic heterocycles. The Morgan fingerprint density at radius 2 is 1.69 bits per heavy atom. The molecule has 0 saturated heterocycles. The number of carbonyl (C=O) groups is 1. The van der Waals surface area contributed by atoms with Crippen molar-refractivity contribution in [1.29, 1.82) is 0 Å². The minimum Gasteiger partial charge on any atom is -0.496 e. The quantitative estimate of drug-likeness (QED) is 0.307. The van der Waals surface area contributed by atoms with Crippen molar-refractivity contribution in [3.05, 3.63) is 84.7 Å². The summed E-state index contributed by atoms with van der Waals surface area (Å²) in [6, 6.07) is 19.7. The second kappa shape index (κ2) is 10.2. The van der Waals surface area contributed by atoms with Gasteiger partial charge in [0.2, 0.25) is 0 Å². The molecule has 9 heteroatoms. The first-order valence-corrected chi connectivity index (χ1v) is 14.2. The lowest BCUT2D eigenvalue weighted by Gasteiger charge is -2.29. The number of hydrogen-bond donors (Lipinski definition) is 0. The molecule has 5 rings (SSSR count). The number of nitrogens with zero attached hydrogens (tertiary/aromatic N) is 3. The molecule has 3 heterocycles. The molecule has 39 heavy (non-hydrogen) atoms. The number of hydrogen-bond acceptors (Lipinski definition) is 6. The molecule has 0 fully saturated rings. The van der Waals surface area contributed by atoms with Crippen LogP contribution in [0.2, 0.25) is 0 Å². The van der Waals surface area contributed by atoms with Crippen LogP contribution >= 0.6 is 0 Å². The fourth-order valence-corrected chi connectivity index (χ4v) is 6.25. The van der Waals surface area contributed by atoms with Crippen molar-refractivity contribution in [1.82, 2.24) is 13.9 Å². The van der Waals surface area contributed by atoms with E-state index < -0.39 is 21.7 Å². The van der Waals surface area contributed by atoms with Gasteiger partial charge in [-0.1, -0.05) is 42.5 Å². The van der Waals surface area contributed by atoms with Gasteiger partial charge in [-0.3, -0.25) is 0 Å². The monoisotopic (exact) mass is 545 g/mol. The van der Waals surface area contributed by atoms with Gasteiger partial charge >= 0.3 is 6.09 Å². The van der Waals surface area contributed by atoms with E-state index in [9.17, 15) is 13.2 Å². The zero-order chi connectivity index (χ0) is 27.8. The maximum absolute atomic E-state index is 14.1. The van der Waals surface area contributed by atoms with Crippen molar-refractivity contribution >= 4 is 32.7 Å². The normalized spacial score (nSPS) is 14.3. The molecule has 0 saturated carbocycles. The SMILES string of the molecule is COc1ccccc1-c1ccnc2c1cc(C1=CCN(C(=O)OC(C)(C)C)CC1)n2S(=O)(=O)c1ccccc1. The van der Waals surface area contributed by atoms with Gasteiger partial charge in [0, 0.05) is 30.2 Å². The first-order chi connectivity index (χ1) is 18.6. The summed E-state index contributed by atoms with van der Waals surface area (Å²) < 4.78 is 40.6. The first-order valence-electron chi connectivity index (χ1n) is 12.7. The van der Waals surface area contributed by atoms with Crippen LogP contribution in [0, 0.1) is 0 Å². The molecule has 2 aromatic heterocycles. The average molecular weight is 546 g/mol. The Morgan fingerprint density at radius 1 is 0.974 bits per heavy atom. The lowest BCUT2D eigenvalue weighted by atomic mass is 10.0. The first kappa shape index (κ1) is 26.5. The Bertz CT molecular complexity index is 1670. The van der Waals surface area contributed by atoms with Crippen LogP contribution in [0.4, 0.5) is 4.79 Å². The van der Waals surface area contributed by atoms with E-state index >= 15 is 0 Å². The number of fused-ring (bicyclic) bond motifs is 1. The number of pyridine rings is 1. The molecule has 202 valence electrons. The van der Waals surface area contributed by atoms with E-state index in [2.05, 4.69) is 4.98 Å². The van der Waals surface area contributed by atoms with Crippen LogP contribution in [0.5, 0.6) is 5.75 Å². The van der Waals surface area contributed by atoms with Gasteiger partial charge in [-0.05, 0) is 68.7 Å². The van der Waals surface area contributed by atoms with Crippen LogP contribution in [0.1, 0.15) is 32.9 Å². The van der Waals surface area contributed by atoms with Gasteiger partial charge in [0.05, 0.1) is 17.7 Å². The molecule has 4 aromatic rings. The summed E-state index contributed by atoms with van der Waals surface area (Å²) in [6.45, 7) is 6.20. The lowest BCUT2D eigenvalue weighted by Crippen LogP contribution is -2.39. The molecule has 0 spiro atoms. The van der Waals surface area contributed by atoms with Crippen LogP contribution in [-0.2, 0) is 14.8 Å². The highest BCUT2D eigenvalue weighted by Gasteiger charge is 2.30. The van der Waals surface area contributed by atoms with E-state index in [-0.39, 0.29) is 4.90 Å². The molecule has 0 atom stereocenters. The number of aromatic nitrogens is 2. The molecule has 0 aliphatic carbocycles. The number of para-hydroxylation sites is 1. The fourth-order valence-electron chi connectivity index (χ4n) is 4.74. The Morgan fingerprint density at radius 3 is 2.36 bits per heavy atom. The van der Waals surface area contributed by atoms with Crippen molar-refractivity contribution in [3.63, 3.8) is 0 Å². The van der Waals surface area contributed by atoms with Gasteiger partial charge in [-0.2, -0.15) is 0 Å². The predicted molar refractivity (Wildman–Crippen MR) is 151 cm³/mol. The van der Waals surface area contributed by atoms with Crippen molar-refractivity contribution in [2.45, 2.75) is 37.7 Å². The van der Waals surface area contributed by atoms with E-state index in [1.54, 1.807) is 48.5 Å². The molecule has 0 radical (unpaired) electrons. The van der Waals surface area contributed by atoms with Crippen LogP contribution in [-0.4, -0.2) is 54.2 Å². The topological polar surface area (TPSA) is 90.7 Å². The summed E-state index contributed by atoms with van der Waals surface area (Å²) in [5.41, 5.74) is 2.71. The maximum atomic E-state index is 14.1. The Kier molecular flexibility index (Phi) is 6.94. The third-order valence-electron chi connectivity index (χ3n) is 6.53. The van der Waals surface area contributed by atoms with Gasteiger partial charge in [0.1, 0.15) is 11.4 Å². The molecule has 0 unspecified atom stereocenters. The summed E-state index contributed by atoms with van der Waals surface area (Å²) in [6.07, 6.45) is 3.57. The van der Waals surface area contributed by atoms with E-state index in [1.807, 2.05) is 63.2 Å². The molecule has 1 amide bonds. The number of rotatable bonds is 5. The molecule has 0 N–H and O–H groups in total. The number of benzene rings is 2. The van der Waals surface area contributed by atoms with Crippen molar-refractivity contribution < 1.29 is 22.7 Å². The minimum atomic E-state index is -3.99. The maximum Gasteiger partial charge on any atom is 0.410 e.